The highest BCUT2D eigenvalue weighted by molar-refractivity contribution is 5.28. The number of hydrogen-bond donors (Lipinski definition) is 0. The molecule has 0 rings (SSSR count). The summed E-state index contributed by atoms with van der Waals surface area (Å²) in [7, 11) is 0. The van der Waals surface area contributed by atoms with Gasteiger partial charge >= 0.3 is 0 Å². The quantitative estimate of drug-likeness (QED) is 0.376. The molecule has 0 fully saturated rings. The fraction of sp³-hybridized carbons (Fsp3) is 0.600. The van der Waals surface area contributed by atoms with Gasteiger partial charge in [-0.1, -0.05) is 56.6 Å². The van der Waals surface area contributed by atoms with Gasteiger partial charge in [-0.2, -0.15) is 0 Å². The Kier molecular flexibility index (Phi) is 7.07. The zero-order valence-electron chi connectivity index (χ0n) is 14.6. The predicted octanol–water partition coefficient (Wildman–Crippen LogP) is 6.31. The zero-order valence-corrected chi connectivity index (χ0v) is 14.6. The van der Waals surface area contributed by atoms with Crippen LogP contribution in [0.2, 0.25) is 0 Å². The Balaban J connectivity index is 5.60. The van der Waals surface area contributed by atoms with Crippen LogP contribution in [-0.2, 0) is 0 Å². The fourth-order valence-corrected chi connectivity index (χ4v) is 2.74. The van der Waals surface area contributed by atoms with Gasteiger partial charge in [-0.05, 0) is 44.4 Å². The van der Waals surface area contributed by atoms with E-state index in [9.17, 15) is 0 Å². The van der Waals surface area contributed by atoms with Crippen molar-refractivity contribution in [3.8, 4) is 12.3 Å². The Hall–Kier alpha value is -1.22. The van der Waals surface area contributed by atoms with Crippen LogP contribution in [0.15, 0.2) is 35.5 Å². The maximum atomic E-state index is 5.39. The zero-order chi connectivity index (χ0) is 16.0. The fourth-order valence-electron chi connectivity index (χ4n) is 2.74. The highest BCUT2D eigenvalue weighted by atomic mass is 14.4. The molecule has 0 heteroatoms. The van der Waals surface area contributed by atoms with E-state index >= 15 is 0 Å². The SMILES string of the molecule is C#CCC/C(C)=C(/C)C(C)(C)C(C)(C)/C(=C/C)CC=C. The average Bonchev–Trinajstić information content (AvgIpc) is 2.40. The lowest BCUT2D eigenvalue weighted by Gasteiger charge is -2.45. The van der Waals surface area contributed by atoms with Crippen molar-refractivity contribution in [2.45, 2.75) is 67.7 Å². The smallest absolute Gasteiger partial charge is 0.0123 e. The first kappa shape index (κ1) is 18.8. The molecule has 0 atom stereocenters. The lowest BCUT2D eigenvalue weighted by molar-refractivity contribution is 0.193. The van der Waals surface area contributed by atoms with Crippen LogP contribution in [0.5, 0.6) is 0 Å². The molecular formula is C20H32. The van der Waals surface area contributed by atoms with E-state index < -0.39 is 0 Å². The summed E-state index contributed by atoms with van der Waals surface area (Å²) in [4.78, 5) is 0. The van der Waals surface area contributed by atoms with Gasteiger partial charge in [-0.3, -0.25) is 0 Å². The van der Waals surface area contributed by atoms with E-state index in [1.807, 2.05) is 6.08 Å². The minimum atomic E-state index is 0.0938. The molecule has 0 aromatic heterocycles. The minimum absolute atomic E-state index is 0.0938. The molecule has 0 unspecified atom stereocenters. The predicted molar refractivity (Wildman–Crippen MR) is 92.6 cm³/mol. The van der Waals surface area contributed by atoms with Gasteiger partial charge in [0.25, 0.3) is 0 Å². The van der Waals surface area contributed by atoms with Gasteiger partial charge in [-0.25, -0.2) is 0 Å². The largest absolute Gasteiger partial charge is 0.120 e. The molecule has 0 radical (unpaired) electrons. The van der Waals surface area contributed by atoms with Crippen molar-refractivity contribution in [3.63, 3.8) is 0 Å². The number of rotatable bonds is 7. The summed E-state index contributed by atoms with van der Waals surface area (Å²) in [6.07, 6.45) is 12.4. The first-order valence-electron chi connectivity index (χ1n) is 7.53. The molecule has 0 aromatic carbocycles. The van der Waals surface area contributed by atoms with Gasteiger partial charge in [0.15, 0.2) is 0 Å². The third-order valence-corrected chi connectivity index (χ3v) is 5.30. The van der Waals surface area contributed by atoms with Gasteiger partial charge in [0, 0.05) is 6.42 Å². The van der Waals surface area contributed by atoms with Gasteiger partial charge in [0.1, 0.15) is 0 Å². The van der Waals surface area contributed by atoms with E-state index in [1.54, 1.807) is 0 Å². The molecule has 0 heterocycles. The van der Waals surface area contributed by atoms with Crippen molar-refractivity contribution < 1.29 is 0 Å². The lowest BCUT2D eigenvalue weighted by Crippen LogP contribution is -2.35. The Morgan fingerprint density at radius 3 is 2.10 bits per heavy atom. The molecular weight excluding hydrogens is 240 g/mol. The van der Waals surface area contributed by atoms with E-state index in [0.29, 0.717) is 0 Å². The van der Waals surface area contributed by atoms with Crippen molar-refractivity contribution in [1.82, 2.24) is 0 Å². The second kappa shape index (κ2) is 7.53. The van der Waals surface area contributed by atoms with Crippen LogP contribution >= 0.6 is 0 Å². The second-order valence-corrected chi connectivity index (χ2v) is 6.67. The maximum Gasteiger partial charge on any atom is 0.0123 e. The molecule has 0 aliphatic carbocycles. The Labute approximate surface area is 127 Å². The van der Waals surface area contributed by atoms with Gasteiger partial charge < -0.3 is 0 Å². The molecule has 0 N–H and O–H groups in total. The third kappa shape index (κ3) is 3.89. The van der Waals surface area contributed by atoms with Crippen LogP contribution in [0.1, 0.15) is 67.7 Å². The highest BCUT2D eigenvalue weighted by Gasteiger charge is 2.40. The standard InChI is InChI=1S/C20H32/c1-10-13-15-16(4)17(5)19(6,7)20(8,9)18(12-3)14-11-2/h1,11-12H,2,13-15H2,3-9H3/b17-16-,18-12+. The van der Waals surface area contributed by atoms with Crippen molar-refractivity contribution in [2.24, 2.45) is 10.8 Å². The summed E-state index contributed by atoms with van der Waals surface area (Å²) in [5.41, 5.74) is 4.52. The van der Waals surface area contributed by atoms with Crippen LogP contribution in [0.3, 0.4) is 0 Å². The summed E-state index contributed by atoms with van der Waals surface area (Å²) in [6, 6.07) is 0. The monoisotopic (exact) mass is 272 g/mol. The molecule has 0 bridgehead atoms. The van der Waals surface area contributed by atoms with E-state index in [2.05, 4.69) is 67.0 Å². The molecule has 0 aromatic rings. The molecule has 0 amide bonds. The minimum Gasteiger partial charge on any atom is -0.120 e. The summed E-state index contributed by atoms with van der Waals surface area (Å²) < 4.78 is 0. The molecule has 20 heavy (non-hydrogen) atoms. The topological polar surface area (TPSA) is 0 Å². The van der Waals surface area contributed by atoms with Crippen LogP contribution in [0.4, 0.5) is 0 Å². The molecule has 0 saturated heterocycles. The van der Waals surface area contributed by atoms with Crippen molar-refractivity contribution in [3.05, 3.63) is 35.5 Å². The van der Waals surface area contributed by atoms with Crippen LogP contribution in [-0.4, -0.2) is 0 Å². The van der Waals surface area contributed by atoms with E-state index in [0.717, 1.165) is 19.3 Å². The Morgan fingerprint density at radius 1 is 1.15 bits per heavy atom. The Morgan fingerprint density at radius 2 is 1.70 bits per heavy atom. The normalized spacial score (nSPS) is 14.6. The molecule has 0 nitrogen and oxygen atoms in total. The van der Waals surface area contributed by atoms with Crippen LogP contribution < -0.4 is 0 Å². The number of hydrogen-bond acceptors (Lipinski definition) is 0. The molecule has 0 saturated carbocycles. The summed E-state index contributed by atoms with van der Waals surface area (Å²) in [6.45, 7) is 19.8. The first-order valence-corrected chi connectivity index (χ1v) is 7.53. The summed E-state index contributed by atoms with van der Waals surface area (Å²) >= 11 is 0. The summed E-state index contributed by atoms with van der Waals surface area (Å²) in [5.74, 6) is 2.74. The third-order valence-electron chi connectivity index (χ3n) is 5.30. The molecule has 0 aliphatic heterocycles. The van der Waals surface area contributed by atoms with E-state index in [1.165, 1.54) is 16.7 Å². The maximum absolute atomic E-state index is 5.39. The van der Waals surface area contributed by atoms with Crippen molar-refractivity contribution in [2.75, 3.05) is 0 Å². The van der Waals surface area contributed by atoms with E-state index in [4.69, 9.17) is 6.42 Å². The average molecular weight is 272 g/mol. The first-order chi connectivity index (χ1) is 9.16. The van der Waals surface area contributed by atoms with Crippen LogP contribution in [0, 0.1) is 23.2 Å². The number of terminal acetylenes is 1. The summed E-state index contributed by atoms with van der Waals surface area (Å²) in [5, 5.41) is 0. The van der Waals surface area contributed by atoms with E-state index in [-0.39, 0.29) is 10.8 Å². The number of allylic oxidation sites excluding steroid dienone is 5. The van der Waals surface area contributed by atoms with Crippen LogP contribution in [0.25, 0.3) is 0 Å². The molecule has 0 aliphatic rings. The Bertz CT molecular complexity index is 433. The molecule has 0 spiro atoms. The molecule has 112 valence electrons. The van der Waals surface area contributed by atoms with Gasteiger partial charge in [-0.15, -0.1) is 18.9 Å². The second-order valence-electron chi connectivity index (χ2n) is 6.67. The van der Waals surface area contributed by atoms with Gasteiger partial charge in [0.2, 0.25) is 0 Å². The van der Waals surface area contributed by atoms with Crippen molar-refractivity contribution in [1.29, 1.82) is 0 Å². The van der Waals surface area contributed by atoms with Gasteiger partial charge in [0.05, 0.1) is 0 Å². The highest BCUT2D eigenvalue weighted by Crippen LogP contribution is 2.50. The lowest BCUT2D eigenvalue weighted by atomic mass is 9.59. The van der Waals surface area contributed by atoms with Crippen molar-refractivity contribution >= 4 is 0 Å².